The van der Waals surface area contributed by atoms with Gasteiger partial charge in [0.2, 0.25) is 0 Å². The summed E-state index contributed by atoms with van der Waals surface area (Å²) in [6, 6.07) is 9.83. The van der Waals surface area contributed by atoms with Crippen molar-refractivity contribution in [3.05, 3.63) is 41.5 Å². The molecule has 25 heavy (non-hydrogen) atoms. The largest absolute Gasteiger partial charge is 0.466 e. The van der Waals surface area contributed by atoms with Crippen molar-refractivity contribution in [1.82, 2.24) is 0 Å². The van der Waals surface area contributed by atoms with Gasteiger partial charge in [0.05, 0.1) is 7.11 Å². The third kappa shape index (κ3) is 5.34. The van der Waals surface area contributed by atoms with E-state index in [0.717, 1.165) is 5.56 Å². The van der Waals surface area contributed by atoms with Crippen LogP contribution in [0.1, 0.15) is 53.5 Å². The molecule has 0 aliphatic rings. The Balaban J connectivity index is 3.18. The van der Waals surface area contributed by atoms with Crippen LogP contribution in [0.15, 0.2) is 35.9 Å². The van der Waals surface area contributed by atoms with E-state index in [2.05, 4.69) is 53.0 Å². The van der Waals surface area contributed by atoms with Crippen LogP contribution >= 0.6 is 0 Å². The van der Waals surface area contributed by atoms with Crippen molar-refractivity contribution in [2.24, 2.45) is 0 Å². The predicted molar refractivity (Wildman–Crippen MR) is 110 cm³/mol. The summed E-state index contributed by atoms with van der Waals surface area (Å²) in [4.78, 5) is 12.1. The molecule has 0 spiro atoms. The van der Waals surface area contributed by atoms with E-state index in [-0.39, 0.29) is 5.97 Å². The second kappa shape index (κ2) is 9.63. The number of rotatable bonds is 6. The third-order valence-electron chi connectivity index (χ3n) is 5.04. The molecule has 0 aromatic heterocycles. The molecular formula is C22H32O2Si. The summed E-state index contributed by atoms with van der Waals surface area (Å²) in [7, 11) is -0.351. The molecule has 3 heteroatoms. The van der Waals surface area contributed by atoms with E-state index in [9.17, 15) is 4.79 Å². The summed E-state index contributed by atoms with van der Waals surface area (Å²) in [5.74, 6) is 3.05. The Hall–Kier alpha value is -1.79. The Morgan fingerprint density at radius 2 is 1.56 bits per heavy atom. The van der Waals surface area contributed by atoms with Crippen molar-refractivity contribution in [3.63, 3.8) is 0 Å². The standard InChI is InChI=1S/C22H32O2Si/c1-17(2)25(18(3)4,19(5)6)15-11-14-21(22(23)24-7)16-20-12-9-8-10-13-20/h8-10,12-13,16-19H,14H2,1-7H3. The van der Waals surface area contributed by atoms with Crippen LogP contribution < -0.4 is 0 Å². The highest BCUT2D eigenvalue weighted by Crippen LogP contribution is 2.40. The number of ether oxygens (including phenoxy) is 1. The van der Waals surface area contributed by atoms with Gasteiger partial charge < -0.3 is 4.74 Å². The van der Waals surface area contributed by atoms with Gasteiger partial charge in [0.15, 0.2) is 0 Å². The van der Waals surface area contributed by atoms with Crippen LogP contribution in [-0.4, -0.2) is 21.2 Å². The third-order valence-corrected chi connectivity index (χ3v) is 11.4. The van der Waals surface area contributed by atoms with E-state index in [0.29, 0.717) is 28.6 Å². The van der Waals surface area contributed by atoms with Crippen LogP contribution in [0.5, 0.6) is 0 Å². The molecule has 0 atom stereocenters. The summed E-state index contributed by atoms with van der Waals surface area (Å²) in [5, 5.41) is 0. The van der Waals surface area contributed by atoms with Crippen molar-refractivity contribution in [3.8, 4) is 11.5 Å². The molecule has 0 heterocycles. The Labute approximate surface area is 154 Å². The minimum absolute atomic E-state index is 0.302. The lowest BCUT2D eigenvalue weighted by atomic mass is 10.1. The number of carbonyl (C=O) groups excluding carboxylic acids is 1. The normalized spacial score (nSPS) is 12.3. The van der Waals surface area contributed by atoms with Gasteiger partial charge in [-0.3, -0.25) is 0 Å². The summed E-state index contributed by atoms with van der Waals surface area (Å²) < 4.78 is 4.95. The summed E-state index contributed by atoms with van der Waals surface area (Å²) in [5.41, 5.74) is 7.02. The average molecular weight is 357 g/mol. The zero-order chi connectivity index (χ0) is 19.0. The van der Waals surface area contributed by atoms with Crippen molar-refractivity contribution >= 4 is 20.1 Å². The van der Waals surface area contributed by atoms with Gasteiger partial charge in [-0.2, -0.15) is 0 Å². The van der Waals surface area contributed by atoms with E-state index in [4.69, 9.17) is 4.74 Å². The van der Waals surface area contributed by atoms with Gasteiger partial charge in [0, 0.05) is 12.0 Å². The SMILES string of the molecule is COC(=O)C(=Cc1ccccc1)CC#C[Si](C(C)C)(C(C)C)C(C)C. The van der Waals surface area contributed by atoms with Gasteiger partial charge in [-0.15, -0.1) is 11.5 Å². The van der Waals surface area contributed by atoms with Crippen molar-refractivity contribution in [2.75, 3.05) is 7.11 Å². The average Bonchev–Trinajstić information content (AvgIpc) is 2.56. The maximum atomic E-state index is 12.1. The summed E-state index contributed by atoms with van der Waals surface area (Å²) in [6.07, 6.45) is 2.31. The fourth-order valence-electron chi connectivity index (χ4n) is 3.79. The van der Waals surface area contributed by atoms with E-state index >= 15 is 0 Å². The highest BCUT2D eigenvalue weighted by molar-refractivity contribution is 6.90. The molecule has 1 rings (SSSR count). The lowest BCUT2D eigenvalue weighted by molar-refractivity contribution is -0.136. The second-order valence-electron chi connectivity index (χ2n) is 7.45. The Bertz CT molecular complexity index is 624. The molecule has 1 aromatic carbocycles. The Morgan fingerprint density at radius 3 is 2.00 bits per heavy atom. The first-order chi connectivity index (χ1) is 11.8. The van der Waals surface area contributed by atoms with Crippen molar-refractivity contribution in [2.45, 2.75) is 64.6 Å². The van der Waals surface area contributed by atoms with Gasteiger partial charge >= 0.3 is 5.97 Å². The number of benzene rings is 1. The molecule has 136 valence electrons. The molecule has 0 saturated heterocycles. The molecular weight excluding hydrogens is 324 g/mol. The maximum Gasteiger partial charge on any atom is 0.334 e. The van der Waals surface area contributed by atoms with Crippen LogP contribution in [0.3, 0.4) is 0 Å². The molecule has 0 bridgehead atoms. The minimum Gasteiger partial charge on any atom is -0.466 e. The Kier molecular flexibility index (Phi) is 8.18. The zero-order valence-corrected chi connectivity index (χ0v) is 17.7. The molecule has 0 saturated carbocycles. The smallest absolute Gasteiger partial charge is 0.334 e. The molecule has 0 aliphatic heterocycles. The van der Waals surface area contributed by atoms with Gasteiger partial charge in [-0.25, -0.2) is 4.79 Å². The Morgan fingerprint density at radius 1 is 1.04 bits per heavy atom. The van der Waals surface area contributed by atoms with Crippen LogP contribution in [-0.2, 0) is 9.53 Å². The quantitative estimate of drug-likeness (QED) is 0.276. The molecule has 0 radical (unpaired) electrons. The minimum atomic E-state index is -1.77. The van der Waals surface area contributed by atoms with Crippen LogP contribution in [0.2, 0.25) is 16.6 Å². The topological polar surface area (TPSA) is 26.3 Å². The number of methoxy groups -OCH3 is 1. The number of hydrogen-bond acceptors (Lipinski definition) is 2. The molecule has 0 aliphatic carbocycles. The molecule has 2 nitrogen and oxygen atoms in total. The van der Waals surface area contributed by atoms with Gasteiger partial charge in [-0.1, -0.05) is 71.9 Å². The van der Waals surface area contributed by atoms with E-state index in [1.54, 1.807) is 0 Å². The fourth-order valence-corrected chi connectivity index (χ4v) is 9.05. The number of esters is 1. The van der Waals surface area contributed by atoms with Crippen LogP contribution in [0, 0.1) is 11.5 Å². The number of carbonyl (C=O) groups is 1. The highest BCUT2D eigenvalue weighted by Gasteiger charge is 2.41. The molecule has 0 N–H and O–H groups in total. The van der Waals surface area contributed by atoms with Crippen LogP contribution in [0.4, 0.5) is 0 Å². The summed E-state index contributed by atoms with van der Waals surface area (Å²) in [6.45, 7) is 13.8. The molecule has 1 aromatic rings. The van der Waals surface area contributed by atoms with E-state index < -0.39 is 8.07 Å². The first-order valence-electron chi connectivity index (χ1n) is 9.09. The maximum absolute atomic E-state index is 12.1. The highest BCUT2D eigenvalue weighted by atomic mass is 28.3. The summed E-state index contributed by atoms with van der Waals surface area (Å²) >= 11 is 0. The van der Waals surface area contributed by atoms with Gasteiger partial charge in [0.1, 0.15) is 8.07 Å². The zero-order valence-electron chi connectivity index (χ0n) is 16.7. The van der Waals surface area contributed by atoms with Crippen molar-refractivity contribution in [1.29, 1.82) is 0 Å². The van der Waals surface area contributed by atoms with Gasteiger partial charge in [0.25, 0.3) is 0 Å². The molecule has 0 fully saturated rings. The number of hydrogen-bond donors (Lipinski definition) is 0. The first kappa shape index (κ1) is 21.2. The van der Waals surface area contributed by atoms with Crippen LogP contribution in [0.25, 0.3) is 6.08 Å². The molecule has 0 amide bonds. The second-order valence-corrected chi connectivity index (χ2v) is 13.0. The van der Waals surface area contributed by atoms with Gasteiger partial charge in [-0.05, 0) is 28.3 Å². The fraction of sp³-hybridized carbons (Fsp3) is 0.500. The first-order valence-corrected chi connectivity index (χ1v) is 11.3. The van der Waals surface area contributed by atoms with Crippen molar-refractivity contribution < 1.29 is 9.53 Å². The molecule has 0 unspecified atom stereocenters. The monoisotopic (exact) mass is 356 g/mol. The lowest BCUT2D eigenvalue weighted by Crippen LogP contribution is -2.43. The lowest BCUT2D eigenvalue weighted by Gasteiger charge is -2.38. The van der Waals surface area contributed by atoms with E-state index in [1.165, 1.54) is 7.11 Å². The predicted octanol–water partition coefficient (Wildman–Crippen LogP) is 5.85. The van der Waals surface area contributed by atoms with E-state index in [1.807, 2.05) is 36.4 Å².